The van der Waals surface area contributed by atoms with Crippen LogP contribution in [0.2, 0.25) is 0 Å². The standard InChI is InChI=1S/C20H17FN4O3/c1-12-10-16(25-20(22-12)24-14-4-2-13(21)3-5-14)19(26)23-15-6-7-17-18(11-15)28-9-8-27-17/h2-7,10-11H,8-9H2,1H3,(H,23,26)(H,22,24,25). The van der Waals surface area contributed by atoms with Crippen LogP contribution in [0.5, 0.6) is 11.5 Å². The molecule has 1 aliphatic heterocycles. The molecule has 3 aromatic rings. The summed E-state index contributed by atoms with van der Waals surface area (Å²) < 4.78 is 24.0. The molecule has 1 amide bonds. The van der Waals surface area contributed by atoms with E-state index in [9.17, 15) is 9.18 Å². The second kappa shape index (κ2) is 7.51. The molecule has 0 spiro atoms. The number of aromatic nitrogens is 2. The van der Waals surface area contributed by atoms with E-state index in [2.05, 4.69) is 20.6 Å². The van der Waals surface area contributed by atoms with Crippen LogP contribution in [0.3, 0.4) is 0 Å². The molecule has 0 aliphatic carbocycles. The van der Waals surface area contributed by atoms with Gasteiger partial charge >= 0.3 is 0 Å². The predicted molar refractivity (Wildman–Crippen MR) is 102 cm³/mol. The Balaban J connectivity index is 1.52. The average Bonchev–Trinajstić information content (AvgIpc) is 2.69. The van der Waals surface area contributed by atoms with E-state index in [1.807, 2.05) is 0 Å². The SMILES string of the molecule is Cc1cc(C(=O)Nc2ccc3c(c2)OCCO3)nc(Nc2ccc(F)cc2)n1. The average molecular weight is 380 g/mol. The fraction of sp³-hybridized carbons (Fsp3) is 0.150. The van der Waals surface area contributed by atoms with Crippen LogP contribution >= 0.6 is 0 Å². The summed E-state index contributed by atoms with van der Waals surface area (Å²) in [6.07, 6.45) is 0. The number of carbonyl (C=O) groups is 1. The Bertz CT molecular complexity index is 1020. The fourth-order valence-corrected chi connectivity index (χ4v) is 2.72. The quantitative estimate of drug-likeness (QED) is 0.718. The van der Waals surface area contributed by atoms with Crippen molar-refractivity contribution in [3.05, 3.63) is 65.7 Å². The minimum atomic E-state index is -0.385. The molecule has 1 aromatic heterocycles. The van der Waals surface area contributed by atoms with E-state index in [1.165, 1.54) is 12.1 Å². The second-order valence-corrected chi connectivity index (χ2v) is 6.16. The summed E-state index contributed by atoms with van der Waals surface area (Å²) in [5, 5.41) is 5.76. The lowest BCUT2D eigenvalue weighted by atomic mass is 10.2. The number of hydrogen-bond acceptors (Lipinski definition) is 6. The Labute approximate surface area is 160 Å². The molecule has 2 aromatic carbocycles. The minimum Gasteiger partial charge on any atom is -0.486 e. The number of carbonyl (C=O) groups excluding carboxylic acids is 1. The van der Waals surface area contributed by atoms with Crippen LogP contribution in [-0.4, -0.2) is 29.1 Å². The molecule has 0 saturated carbocycles. The van der Waals surface area contributed by atoms with Crippen molar-refractivity contribution in [1.29, 1.82) is 0 Å². The summed E-state index contributed by atoms with van der Waals surface area (Å²) in [6, 6.07) is 12.6. The van der Waals surface area contributed by atoms with Crippen molar-refractivity contribution in [2.75, 3.05) is 23.8 Å². The van der Waals surface area contributed by atoms with Crippen molar-refractivity contribution in [2.45, 2.75) is 6.92 Å². The molecule has 0 radical (unpaired) electrons. The van der Waals surface area contributed by atoms with Crippen LogP contribution in [0, 0.1) is 12.7 Å². The van der Waals surface area contributed by atoms with Crippen molar-refractivity contribution in [3.63, 3.8) is 0 Å². The maximum absolute atomic E-state index is 13.0. The number of ether oxygens (including phenoxy) is 2. The molecule has 0 unspecified atom stereocenters. The van der Waals surface area contributed by atoms with Crippen LogP contribution in [0.15, 0.2) is 48.5 Å². The van der Waals surface area contributed by atoms with Crippen molar-refractivity contribution in [3.8, 4) is 11.5 Å². The van der Waals surface area contributed by atoms with Gasteiger partial charge in [0.2, 0.25) is 5.95 Å². The lowest BCUT2D eigenvalue weighted by molar-refractivity contribution is 0.102. The van der Waals surface area contributed by atoms with Crippen LogP contribution < -0.4 is 20.1 Å². The van der Waals surface area contributed by atoms with Gasteiger partial charge < -0.3 is 20.1 Å². The number of rotatable bonds is 4. The Kier molecular flexibility index (Phi) is 4.76. The Hall–Kier alpha value is -3.68. The molecule has 142 valence electrons. The zero-order valence-corrected chi connectivity index (χ0v) is 15.0. The van der Waals surface area contributed by atoms with Crippen molar-refractivity contribution >= 4 is 23.2 Å². The third-order valence-corrected chi connectivity index (χ3v) is 3.99. The van der Waals surface area contributed by atoms with E-state index < -0.39 is 0 Å². The Morgan fingerprint density at radius 2 is 1.68 bits per heavy atom. The minimum absolute atomic E-state index is 0.201. The van der Waals surface area contributed by atoms with Crippen LogP contribution in [0.4, 0.5) is 21.7 Å². The zero-order chi connectivity index (χ0) is 19.5. The third-order valence-electron chi connectivity index (χ3n) is 3.99. The van der Waals surface area contributed by atoms with E-state index in [0.29, 0.717) is 41.8 Å². The van der Waals surface area contributed by atoms with E-state index >= 15 is 0 Å². The molecule has 0 saturated heterocycles. The summed E-state index contributed by atoms with van der Waals surface area (Å²) in [4.78, 5) is 21.1. The maximum Gasteiger partial charge on any atom is 0.274 e. The summed E-state index contributed by atoms with van der Waals surface area (Å²) in [7, 11) is 0. The Morgan fingerprint density at radius 3 is 2.46 bits per heavy atom. The number of hydrogen-bond donors (Lipinski definition) is 2. The smallest absolute Gasteiger partial charge is 0.274 e. The first-order chi connectivity index (χ1) is 13.6. The van der Waals surface area contributed by atoms with Crippen LogP contribution in [-0.2, 0) is 0 Å². The van der Waals surface area contributed by atoms with Crippen molar-refractivity contribution < 1.29 is 18.7 Å². The monoisotopic (exact) mass is 380 g/mol. The number of aryl methyl sites for hydroxylation is 1. The molecule has 8 heteroatoms. The van der Waals surface area contributed by atoms with E-state index in [-0.39, 0.29) is 23.4 Å². The van der Waals surface area contributed by atoms with Gasteiger partial charge in [0.15, 0.2) is 11.5 Å². The molecule has 0 atom stereocenters. The number of halogens is 1. The number of amides is 1. The highest BCUT2D eigenvalue weighted by Gasteiger charge is 2.15. The molecular weight excluding hydrogens is 363 g/mol. The van der Waals surface area contributed by atoms with E-state index in [4.69, 9.17) is 9.47 Å². The second-order valence-electron chi connectivity index (χ2n) is 6.16. The van der Waals surface area contributed by atoms with Crippen LogP contribution in [0.1, 0.15) is 16.2 Å². The molecular formula is C20H17FN4O3. The van der Waals surface area contributed by atoms with Crippen molar-refractivity contribution in [1.82, 2.24) is 9.97 Å². The maximum atomic E-state index is 13.0. The fourth-order valence-electron chi connectivity index (χ4n) is 2.72. The lowest BCUT2D eigenvalue weighted by Crippen LogP contribution is -2.17. The molecule has 7 nitrogen and oxygen atoms in total. The molecule has 2 N–H and O–H groups in total. The van der Waals surface area contributed by atoms with Gasteiger partial charge in [0, 0.05) is 23.1 Å². The normalized spacial score (nSPS) is 12.4. The number of anilines is 3. The highest BCUT2D eigenvalue weighted by atomic mass is 19.1. The molecule has 2 heterocycles. The number of nitrogens with zero attached hydrogens (tertiary/aromatic N) is 2. The highest BCUT2D eigenvalue weighted by molar-refractivity contribution is 6.03. The van der Waals surface area contributed by atoms with Crippen LogP contribution in [0.25, 0.3) is 0 Å². The summed E-state index contributed by atoms with van der Waals surface area (Å²) >= 11 is 0. The summed E-state index contributed by atoms with van der Waals surface area (Å²) in [5.41, 5.74) is 2.00. The van der Waals surface area contributed by atoms with Gasteiger partial charge in [0.05, 0.1) is 0 Å². The molecule has 28 heavy (non-hydrogen) atoms. The van der Waals surface area contributed by atoms with E-state index in [1.54, 1.807) is 43.3 Å². The first-order valence-electron chi connectivity index (χ1n) is 8.66. The Morgan fingerprint density at radius 1 is 0.964 bits per heavy atom. The lowest BCUT2D eigenvalue weighted by Gasteiger charge is -2.19. The van der Waals surface area contributed by atoms with Gasteiger partial charge in [0.1, 0.15) is 24.7 Å². The number of fused-ring (bicyclic) bond motifs is 1. The number of benzene rings is 2. The topological polar surface area (TPSA) is 85.4 Å². The summed E-state index contributed by atoms with van der Waals surface area (Å²) in [6.45, 7) is 2.73. The van der Waals surface area contributed by atoms with Gasteiger partial charge in [-0.15, -0.1) is 0 Å². The number of nitrogens with one attached hydrogen (secondary N) is 2. The van der Waals surface area contributed by atoms with Gasteiger partial charge in [0.25, 0.3) is 5.91 Å². The zero-order valence-electron chi connectivity index (χ0n) is 15.0. The first kappa shape index (κ1) is 17.7. The van der Waals surface area contributed by atoms with Gasteiger partial charge in [-0.05, 0) is 49.4 Å². The van der Waals surface area contributed by atoms with Gasteiger partial charge in [-0.3, -0.25) is 4.79 Å². The first-order valence-corrected chi connectivity index (χ1v) is 8.66. The largest absolute Gasteiger partial charge is 0.486 e. The molecule has 4 rings (SSSR count). The predicted octanol–water partition coefficient (Wildman–Crippen LogP) is 3.69. The van der Waals surface area contributed by atoms with E-state index in [0.717, 1.165) is 0 Å². The van der Waals surface area contributed by atoms with Gasteiger partial charge in [-0.1, -0.05) is 0 Å². The third kappa shape index (κ3) is 4.01. The van der Waals surface area contributed by atoms with Crippen molar-refractivity contribution in [2.24, 2.45) is 0 Å². The summed E-state index contributed by atoms with van der Waals surface area (Å²) in [5.74, 6) is 0.757. The molecule has 0 bridgehead atoms. The molecule has 1 aliphatic rings. The molecule has 0 fully saturated rings. The van der Waals surface area contributed by atoms with Gasteiger partial charge in [-0.25, -0.2) is 14.4 Å². The van der Waals surface area contributed by atoms with Gasteiger partial charge in [-0.2, -0.15) is 0 Å². The highest BCUT2D eigenvalue weighted by Crippen LogP contribution is 2.32.